The Morgan fingerprint density at radius 2 is 2.24 bits per heavy atom. The molecule has 0 saturated carbocycles. The smallest absolute Gasteiger partial charge is 0.238 e. The molecular weight excluding hydrogens is 266 g/mol. The Hall–Kier alpha value is -2.06. The maximum atomic E-state index is 12.1. The molecule has 114 valence electrons. The molecule has 1 aromatic rings. The zero-order valence-electron chi connectivity index (χ0n) is 12.9. The number of hydrogen-bond acceptors (Lipinski definition) is 4. The number of nitrogens with one attached hydrogen (secondary N) is 1. The van der Waals surface area contributed by atoms with Crippen LogP contribution in [0.1, 0.15) is 20.3 Å². The molecule has 0 aromatic heterocycles. The third-order valence-electron chi connectivity index (χ3n) is 2.88. The number of benzene rings is 1. The zero-order valence-corrected chi connectivity index (χ0v) is 12.9. The van der Waals surface area contributed by atoms with Gasteiger partial charge in [-0.25, -0.2) is 0 Å². The van der Waals surface area contributed by atoms with Crippen LogP contribution in [0.15, 0.2) is 24.3 Å². The molecule has 1 N–H and O–H groups in total. The van der Waals surface area contributed by atoms with E-state index in [-0.39, 0.29) is 12.5 Å². The summed E-state index contributed by atoms with van der Waals surface area (Å²) in [7, 11) is 1.59. The van der Waals surface area contributed by atoms with Crippen LogP contribution in [0.5, 0.6) is 5.75 Å². The summed E-state index contributed by atoms with van der Waals surface area (Å²) in [6.07, 6.45) is 0.430. The summed E-state index contributed by atoms with van der Waals surface area (Å²) in [6.45, 7) is 5.89. The van der Waals surface area contributed by atoms with Gasteiger partial charge in [-0.05, 0) is 18.1 Å². The van der Waals surface area contributed by atoms with Gasteiger partial charge < -0.3 is 10.1 Å². The Balaban J connectivity index is 2.57. The van der Waals surface area contributed by atoms with Gasteiger partial charge in [0, 0.05) is 31.3 Å². The number of rotatable bonds is 8. The van der Waals surface area contributed by atoms with Gasteiger partial charge in [-0.3, -0.25) is 9.69 Å². The van der Waals surface area contributed by atoms with E-state index in [9.17, 15) is 4.79 Å². The minimum absolute atomic E-state index is 0.0816. The quantitative estimate of drug-likeness (QED) is 0.798. The highest BCUT2D eigenvalue weighted by Crippen LogP contribution is 2.16. The van der Waals surface area contributed by atoms with Crippen LogP contribution in [0.25, 0.3) is 0 Å². The van der Waals surface area contributed by atoms with Gasteiger partial charge in [-0.15, -0.1) is 0 Å². The first kappa shape index (κ1) is 17.0. The molecule has 0 atom stereocenters. The molecule has 0 aliphatic carbocycles. The fourth-order valence-corrected chi connectivity index (χ4v) is 2.06. The van der Waals surface area contributed by atoms with Crippen molar-refractivity contribution < 1.29 is 9.53 Å². The number of nitriles is 1. The molecule has 0 saturated heterocycles. The topological polar surface area (TPSA) is 65.4 Å². The third kappa shape index (κ3) is 6.77. The SMILES string of the molecule is COc1cccc(NC(=O)CN(CCC#N)CC(C)C)c1. The number of hydrogen-bond donors (Lipinski definition) is 1. The largest absolute Gasteiger partial charge is 0.497 e. The van der Waals surface area contributed by atoms with Crippen LogP contribution in [-0.4, -0.2) is 37.6 Å². The van der Waals surface area contributed by atoms with Crippen molar-refractivity contribution in [3.05, 3.63) is 24.3 Å². The second-order valence-electron chi connectivity index (χ2n) is 5.32. The number of anilines is 1. The van der Waals surface area contributed by atoms with E-state index in [1.807, 2.05) is 23.1 Å². The molecule has 1 aromatic carbocycles. The monoisotopic (exact) mass is 289 g/mol. The maximum absolute atomic E-state index is 12.1. The van der Waals surface area contributed by atoms with E-state index in [4.69, 9.17) is 10.00 Å². The number of methoxy groups -OCH3 is 1. The van der Waals surface area contributed by atoms with Crippen LogP contribution in [0.4, 0.5) is 5.69 Å². The van der Waals surface area contributed by atoms with Crippen LogP contribution in [0.2, 0.25) is 0 Å². The predicted octanol–water partition coefficient (Wildman–Crippen LogP) is 2.51. The Morgan fingerprint density at radius 3 is 2.86 bits per heavy atom. The summed E-state index contributed by atoms with van der Waals surface area (Å²) < 4.78 is 5.13. The summed E-state index contributed by atoms with van der Waals surface area (Å²) >= 11 is 0. The van der Waals surface area contributed by atoms with Gasteiger partial charge in [0.2, 0.25) is 5.91 Å². The summed E-state index contributed by atoms with van der Waals surface area (Å²) in [5, 5.41) is 11.5. The van der Waals surface area contributed by atoms with Crippen molar-refractivity contribution in [3.8, 4) is 11.8 Å². The van der Waals surface area contributed by atoms with Crippen LogP contribution < -0.4 is 10.1 Å². The summed E-state index contributed by atoms with van der Waals surface area (Å²) in [4.78, 5) is 14.1. The average Bonchev–Trinajstić information content (AvgIpc) is 2.44. The second kappa shape index (κ2) is 8.98. The number of amides is 1. The average molecular weight is 289 g/mol. The molecule has 0 spiro atoms. The number of carbonyl (C=O) groups is 1. The van der Waals surface area contributed by atoms with Crippen LogP contribution >= 0.6 is 0 Å². The van der Waals surface area contributed by atoms with E-state index in [0.29, 0.717) is 30.3 Å². The van der Waals surface area contributed by atoms with Crippen molar-refractivity contribution in [1.82, 2.24) is 4.90 Å². The molecule has 0 heterocycles. The second-order valence-corrected chi connectivity index (χ2v) is 5.32. The van der Waals surface area contributed by atoms with Gasteiger partial charge in [0.1, 0.15) is 5.75 Å². The Morgan fingerprint density at radius 1 is 1.48 bits per heavy atom. The predicted molar refractivity (Wildman–Crippen MR) is 83.1 cm³/mol. The number of nitrogens with zero attached hydrogens (tertiary/aromatic N) is 2. The first-order chi connectivity index (χ1) is 10.0. The molecule has 21 heavy (non-hydrogen) atoms. The summed E-state index contributed by atoms with van der Waals surface area (Å²) in [5.41, 5.74) is 0.712. The van der Waals surface area contributed by atoms with Crippen molar-refractivity contribution in [2.75, 3.05) is 32.1 Å². The van der Waals surface area contributed by atoms with Crippen molar-refractivity contribution in [2.45, 2.75) is 20.3 Å². The lowest BCUT2D eigenvalue weighted by molar-refractivity contribution is -0.117. The van der Waals surface area contributed by atoms with Crippen molar-refractivity contribution >= 4 is 11.6 Å². The van der Waals surface area contributed by atoms with Crippen LogP contribution in [0.3, 0.4) is 0 Å². The van der Waals surface area contributed by atoms with Crippen molar-refractivity contribution in [1.29, 1.82) is 5.26 Å². The van der Waals surface area contributed by atoms with Gasteiger partial charge >= 0.3 is 0 Å². The fraction of sp³-hybridized carbons (Fsp3) is 0.500. The van der Waals surface area contributed by atoms with E-state index < -0.39 is 0 Å². The van der Waals surface area contributed by atoms with Crippen molar-refractivity contribution in [2.24, 2.45) is 5.92 Å². The van der Waals surface area contributed by atoms with Gasteiger partial charge in [-0.1, -0.05) is 19.9 Å². The van der Waals surface area contributed by atoms with Gasteiger partial charge in [-0.2, -0.15) is 5.26 Å². The lowest BCUT2D eigenvalue weighted by atomic mass is 10.2. The highest BCUT2D eigenvalue weighted by molar-refractivity contribution is 5.92. The minimum Gasteiger partial charge on any atom is -0.497 e. The Kier molecular flexibility index (Phi) is 7.27. The molecule has 1 amide bonds. The first-order valence-corrected chi connectivity index (χ1v) is 7.08. The molecule has 5 heteroatoms. The molecule has 0 aliphatic heterocycles. The minimum atomic E-state index is -0.0816. The van der Waals surface area contributed by atoms with Crippen molar-refractivity contribution in [3.63, 3.8) is 0 Å². The van der Waals surface area contributed by atoms with Crippen LogP contribution in [0, 0.1) is 17.2 Å². The van der Waals surface area contributed by atoms with Crippen LogP contribution in [-0.2, 0) is 4.79 Å². The highest BCUT2D eigenvalue weighted by Gasteiger charge is 2.12. The molecular formula is C16H23N3O2. The molecule has 0 bridgehead atoms. The molecule has 1 rings (SSSR count). The number of ether oxygens (including phenoxy) is 1. The Labute approximate surface area is 126 Å². The lowest BCUT2D eigenvalue weighted by Crippen LogP contribution is -2.36. The van der Waals surface area contributed by atoms with E-state index in [2.05, 4.69) is 25.2 Å². The van der Waals surface area contributed by atoms with Gasteiger partial charge in [0.15, 0.2) is 0 Å². The first-order valence-electron chi connectivity index (χ1n) is 7.08. The normalized spacial score (nSPS) is 10.5. The van der Waals surface area contributed by atoms with Gasteiger partial charge in [0.25, 0.3) is 0 Å². The highest BCUT2D eigenvalue weighted by atomic mass is 16.5. The molecule has 0 unspecified atom stereocenters. The zero-order chi connectivity index (χ0) is 15.7. The lowest BCUT2D eigenvalue weighted by Gasteiger charge is -2.22. The molecule has 0 fully saturated rings. The molecule has 5 nitrogen and oxygen atoms in total. The summed E-state index contributed by atoms with van der Waals surface area (Å²) in [6, 6.07) is 9.38. The number of carbonyl (C=O) groups excluding carboxylic acids is 1. The van der Waals surface area contributed by atoms with E-state index in [1.165, 1.54) is 0 Å². The standard InChI is InChI=1S/C16H23N3O2/c1-13(2)11-19(9-5-8-17)12-16(20)18-14-6-4-7-15(10-14)21-3/h4,6-7,10,13H,5,9,11-12H2,1-3H3,(H,18,20). The van der Waals surface area contributed by atoms with E-state index >= 15 is 0 Å². The van der Waals surface area contributed by atoms with E-state index in [0.717, 1.165) is 6.54 Å². The third-order valence-corrected chi connectivity index (χ3v) is 2.88. The Bertz CT molecular complexity index is 495. The fourth-order valence-electron chi connectivity index (χ4n) is 2.06. The van der Waals surface area contributed by atoms with E-state index in [1.54, 1.807) is 13.2 Å². The van der Waals surface area contributed by atoms with Gasteiger partial charge in [0.05, 0.1) is 19.7 Å². The molecule has 0 aliphatic rings. The maximum Gasteiger partial charge on any atom is 0.238 e. The molecule has 0 radical (unpaired) electrons. The summed E-state index contributed by atoms with van der Waals surface area (Å²) in [5.74, 6) is 1.08.